The molecule has 0 aliphatic heterocycles. The highest BCUT2D eigenvalue weighted by atomic mass is 32.2. The van der Waals surface area contributed by atoms with Crippen LogP contribution in [0.2, 0.25) is 0 Å². The summed E-state index contributed by atoms with van der Waals surface area (Å²) >= 11 is 2.47. The minimum atomic E-state index is -0.848. The molecule has 1 unspecified atom stereocenters. The Balaban J connectivity index is 2.61. The van der Waals surface area contributed by atoms with Crippen molar-refractivity contribution in [1.82, 2.24) is 9.36 Å². The van der Waals surface area contributed by atoms with Gasteiger partial charge in [0.15, 0.2) is 4.34 Å². The van der Waals surface area contributed by atoms with Gasteiger partial charge in [-0.15, -0.1) is 0 Å². The van der Waals surface area contributed by atoms with Gasteiger partial charge in [-0.25, -0.2) is 4.98 Å². The molecule has 1 rings (SSSR count). The predicted octanol–water partition coefficient (Wildman–Crippen LogP) is 0.995. The molecule has 0 aliphatic carbocycles. The second-order valence-corrected chi connectivity index (χ2v) is 5.05. The van der Waals surface area contributed by atoms with Crippen molar-refractivity contribution in [2.75, 3.05) is 6.54 Å². The lowest BCUT2D eigenvalue weighted by atomic mass is 10.3. The first-order valence-electron chi connectivity index (χ1n) is 4.59. The molecule has 1 aromatic heterocycles. The summed E-state index contributed by atoms with van der Waals surface area (Å²) in [5, 5.41) is 8.39. The fourth-order valence-corrected chi connectivity index (χ4v) is 2.82. The van der Waals surface area contributed by atoms with Gasteiger partial charge in [-0.05, 0) is 24.5 Å². The molecule has 84 valence electrons. The van der Waals surface area contributed by atoms with Crippen LogP contribution in [0.5, 0.6) is 0 Å². The summed E-state index contributed by atoms with van der Waals surface area (Å²) in [4.78, 5) is 15.0. The van der Waals surface area contributed by atoms with Crippen molar-refractivity contribution < 1.29 is 9.90 Å². The third-order valence-corrected chi connectivity index (χ3v) is 3.79. The minimum absolute atomic E-state index is 0.364. The number of rotatable bonds is 6. The van der Waals surface area contributed by atoms with Gasteiger partial charge in [0.05, 0.1) is 0 Å². The third kappa shape index (κ3) is 3.77. The Labute approximate surface area is 96.3 Å². The molecular weight excluding hydrogens is 234 g/mol. The molecule has 3 N–H and O–H groups in total. The fraction of sp³-hybridized carbons (Fsp3) is 0.625. The first-order valence-corrected chi connectivity index (χ1v) is 6.24. The quantitative estimate of drug-likeness (QED) is 0.729. The highest BCUT2D eigenvalue weighted by molar-refractivity contribution is 8.02. The Kier molecular flexibility index (Phi) is 5.00. The summed E-state index contributed by atoms with van der Waals surface area (Å²) in [5.41, 5.74) is 5.34. The van der Waals surface area contributed by atoms with Gasteiger partial charge >= 0.3 is 5.97 Å². The molecule has 0 bridgehead atoms. The van der Waals surface area contributed by atoms with E-state index in [-0.39, 0.29) is 0 Å². The number of aliphatic carboxylic acids is 1. The van der Waals surface area contributed by atoms with Crippen molar-refractivity contribution in [3.8, 4) is 0 Å². The van der Waals surface area contributed by atoms with Crippen LogP contribution in [-0.4, -0.2) is 32.2 Å². The van der Waals surface area contributed by atoms with Crippen LogP contribution in [0.1, 0.15) is 19.2 Å². The molecule has 7 heteroatoms. The number of thioether (sulfide) groups is 1. The summed E-state index contributed by atoms with van der Waals surface area (Å²) in [5.74, 6) is -0.0851. The Bertz CT molecular complexity index is 329. The van der Waals surface area contributed by atoms with Crippen molar-refractivity contribution in [2.24, 2.45) is 5.73 Å². The molecule has 15 heavy (non-hydrogen) atoms. The van der Waals surface area contributed by atoms with E-state index in [0.717, 1.165) is 12.2 Å². The molecule has 1 heterocycles. The summed E-state index contributed by atoms with van der Waals surface area (Å²) in [6, 6.07) is 0. The summed E-state index contributed by atoms with van der Waals surface area (Å²) < 4.78 is 4.79. The number of carbonyl (C=O) groups is 1. The van der Waals surface area contributed by atoms with E-state index in [1.54, 1.807) is 0 Å². The van der Waals surface area contributed by atoms with Gasteiger partial charge in [0, 0.05) is 6.42 Å². The lowest BCUT2D eigenvalue weighted by Crippen LogP contribution is -2.20. The van der Waals surface area contributed by atoms with E-state index in [1.807, 2.05) is 6.92 Å². The van der Waals surface area contributed by atoms with E-state index in [0.29, 0.717) is 17.3 Å². The van der Waals surface area contributed by atoms with Crippen LogP contribution in [0.15, 0.2) is 4.34 Å². The predicted molar refractivity (Wildman–Crippen MR) is 60.2 cm³/mol. The zero-order valence-corrected chi connectivity index (χ0v) is 9.98. The van der Waals surface area contributed by atoms with E-state index < -0.39 is 11.2 Å². The van der Waals surface area contributed by atoms with Gasteiger partial charge in [-0.2, -0.15) is 4.37 Å². The molecule has 0 spiro atoms. The van der Waals surface area contributed by atoms with Crippen molar-refractivity contribution in [2.45, 2.75) is 29.4 Å². The largest absolute Gasteiger partial charge is 0.480 e. The van der Waals surface area contributed by atoms with Gasteiger partial charge in [-0.3, -0.25) is 4.79 Å². The summed E-state index contributed by atoms with van der Waals surface area (Å²) in [7, 11) is 0. The van der Waals surface area contributed by atoms with Gasteiger partial charge in [0.25, 0.3) is 0 Å². The van der Waals surface area contributed by atoms with Gasteiger partial charge in [0.1, 0.15) is 11.1 Å². The van der Waals surface area contributed by atoms with Gasteiger partial charge < -0.3 is 10.8 Å². The number of carboxylic acid groups (broad SMARTS) is 1. The Morgan fingerprint density at radius 2 is 2.47 bits per heavy atom. The molecule has 1 atom stereocenters. The zero-order chi connectivity index (χ0) is 11.3. The second kappa shape index (κ2) is 6.04. The monoisotopic (exact) mass is 247 g/mol. The molecule has 0 radical (unpaired) electrons. The van der Waals surface area contributed by atoms with E-state index in [1.165, 1.54) is 23.3 Å². The van der Waals surface area contributed by atoms with Crippen molar-refractivity contribution in [3.05, 3.63) is 5.82 Å². The van der Waals surface area contributed by atoms with Crippen LogP contribution >= 0.6 is 23.3 Å². The molecule has 0 aliphatic rings. The molecule has 0 aromatic carbocycles. The SMILES string of the molecule is CCc1nsc(SC(CCN)C(=O)O)n1. The second-order valence-electron chi connectivity index (χ2n) is 2.85. The maximum absolute atomic E-state index is 10.9. The lowest BCUT2D eigenvalue weighted by molar-refractivity contribution is -0.136. The lowest BCUT2D eigenvalue weighted by Gasteiger charge is -2.07. The van der Waals surface area contributed by atoms with E-state index in [9.17, 15) is 4.79 Å². The number of nitrogens with two attached hydrogens (primary N) is 1. The third-order valence-electron chi connectivity index (χ3n) is 1.71. The molecule has 0 fully saturated rings. The van der Waals surface area contributed by atoms with Crippen molar-refractivity contribution in [1.29, 1.82) is 0 Å². The molecule has 5 nitrogen and oxygen atoms in total. The van der Waals surface area contributed by atoms with Crippen LogP contribution in [0, 0.1) is 0 Å². The Hall–Kier alpha value is -0.660. The highest BCUT2D eigenvalue weighted by Gasteiger charge is 2.19. The Morgan fingerprint density at radius 3 is 2.93 bits per heavy atom. The maximum Gasteiger partial charge on any atom is 0.317 e. The number of hydrogen-bond donors (Lipinski definition) is 2. The number of hydrogen-bond acceptors (Lipinski definition) is 6. The molecular formula is C8H13N3O2S2. The molecule has 0 saturated heterocycles. The topological polar surface area (TPSA) is 89.1 Å². The number of nitrogens with zero attached hydrogens (tertiary/aromatic N) is 2. The van der Waals surface area contributed by atoms with E-state index in [2.05, 4.69) is 9.36 Å². The standard InChI is InChI=1S/C8H13N3O2S2/c1-2-6-10-8(15-11-6)14-5(3-4-9)7(12)13/h5H,2-4,9H2,1H3,(H,12,13). The smallest absolute Gasteiger partial charge is 0.317 e. The van der Waals surface area contributed by atoms with Crippen LogP contribution in [0.4, 0.5) is 0 Å². The maximum atomic E-state index is 10.9. The van der Waals surface area contributed by atoms with Crippen molar-refractivity contribution in [3.63, 3.8) is 0 Å². The average Bonchev–Trinajstić information content (AvgIpc) is 2.65. The average molecular weight is 247 g/mol. The molecule has 1 aromatic rings. The van der Waals surface area contributed by atoms with Gasteiger partial charge in [-0.1, -0.05) is 18.7 Å². The highest BCUT2D eigenvalue weighted by Crippen LogP contribution is 2.26. The molecule has 0 saturated carbocycles. The summed E-state index contributed by atoms with van der Waals surface area (Å²) in [6.07, 6.45) is 1.22. The van der Waals surface area contributed by atoms with Crippen LogP contribution in [0.25, 0.3) is 0 Å². The van der Waals surface area contributed by atoms with Crippen LogP contribution in [-0.2, 0) is 11.2 Å². The van der Waals surface area contributed by atoms with Crippen molar-refractivity contribution >= 4 is 29.3 Å². The fourth-order valence-electron chi connectivity index (χ4n) is 0.935. The first kappa shape index (κ1) is 12.4. The van der Waals surface area contributed by atoms with Crippen LogP contribution in [0.3, 0.4) is 0 Å². The van der Waals surface area contributed by atoms with E-state index >= 15 is 0 Å². The Morgan fingerprint density at radius 1 is 1.73 bits per heavy atom. The molecule has 0 amide bonds. The zero-order valence-electron chi connectivity index (χ0n) is 8.34. The first-order chi connectivity index (χ1) is 7.17. The normalized spacial score (nSPS) is 12.7. The summed E-state index contributed by atoms with van der Waals surface area (Å²) in [6.45, 7) is 2.33. The minimum Gasteiger partial charge on any atom is -0.480 e. The van der Waals surface area contributed by atoms with Crippen LogP contribution < -0.4 is 5.73 Å². The van der Waals surface area contributed by atoms with E-state index in [4.69, 9.17) is 10.8 Å². The number of carboxylic acids is 1. The number of aromatic nitrogens is 2. The van der Waals surface area contributed by atoms with Gasteiger partial charge in [0.2, 0.25) is 0 Å². The number of aryl methyl sites for hydroxylation is 1.